The fraction of sp³-hybridized carbons (Fsp3) is 0.516. The highest BCUT2D eigenvalue weighted by Crippen LogP contribution is 2.38. The van der Waals surface area contributed by atoms with Crippen molar-refractivity contribution in [2.24, 2.45) is 11.8 Å². The summed E-state index contributed by atoms with van der Waals surface area (Å²) in [7, 11) is 2.11. The second-order valence-electron chi connectivity index (χ2n) is 11.7. The highest BCUT2D eigenvalue weighted by molar-refractivity contribution is 6.02. The van der Waals surface area contributed by atoms with E-state index in [9.17, 15) is 14.9 Å². The molecule has 0 aromatic heterocycles. The van der Waals surface area contributed by atoms with Gasteiger partial charge >= 0.3 is 0 Å². The molecule has 0 radical (unpaired) electrons. The minimum absolute atomic E-state index is 0.0858. The Labute approximate surface area is 223 Å². The van der Waals surface area contributed by atoms with Crippen molar-refractivity contribution in [2.75, 3.05) is 25.0 Å². The molecule has 6 nitrogen and oxygen atoms in total. The number of nitrogens with zero attached hydrogens (tertiary/aromatic N) is 3. The Kier molecular flexibility index (Phi) is 6.79. The topological polar surface area (TPSA) is 76.4 Å². The number of ketones is 1. The van der Waals surface area contributed by atoms with Crippen LogP contribution in [0.15, 0.2) is 36.4 Å². The summed E-state index contributed by atoms with van der Waals surface area (Å²) in [6, 6.07) is 13.8. The van der Waals surface area contributed by atoms with Crippen LogP contribution in [0.4, 0.5) is 10.1 Å². The maximum atomic E-state index is 15.3. The summed E-state index contributed by atoms with van der Waals surface area (Å²) in [5, 5.41) is 13.1. The summed E-state index contributed by atoms with van der Waals surface area (Å²) in [6.45, 7) is 1.95. The number of fused-ring (bicyclic) bond motifs is 3. The third-order valence-corrected chi connectivity index (χ3v) is 9.20. The number of anilines is 1. The van der Waals surface area contributed by atoms with Crippen LogP contribution in [0.25, 0.3) is 11.1 Å². The Balaban J connectivity index is 1.16. The molecule has 2 saturated heterocycles. The normalized spacial score (nSPS) is 26.0. The Morgan fingerprint density at radius 3 is 2.58 bits per heavy atom. The molecular weight excluding hydrogens is 479 g/mol. The molecule has 1 saturated carbocycles. The number of benzene rings is 2. The van der Waals surface area contributed by atoms with Crippen molar-refractivity contribution in [3.63, 3.8) is 0 Å². The molecule has 198 valence electrons. The van der Waals surface area contributed by atoms with Gasteiger partial charge < -0.3 is 15.1 Å². The smallest absolute Gasteiger partial charge is 0.231 e. The summed E-state index contributed by atoms with van der Waals surface area (Å²) >= 11 is 0. The average molecular weight is 515 g/mol. The first-order valence-corrected chi connectivity index (χ1v) is 14.0. The highest BCUT2D eigenvalue weighted by Gasteiger charge is 2.42. The van der Waals surface area contributed by atoms with Crippen LogP contribution >= 0.6 is 0 Å². The summed E-state index contributed by atoms with van der Waals surface area (Å²) in [5.41, 5.74) is 4.05. The van der Waals surface area contributed by atoms with Crippen molar-refractivity contribution in [1.82, 2.24) is 10.2 Å². The van der Waals surface area contributed by atoms with Gasteiger partial charge in [0.25, 0.3) is 0 Å². The predicted octanol–water partition coefficient (Wildman–Crippen LogP) is 4.26. The van der Waals surface area contributed by atoms with E-state index in [1.807, 2.05) is 29.2 Å². The number of carbonyl (C=O) groups excluding carboxylic acids is 2. The van der Waals surface area contributed by atoms with Crippen molar-refractivity contribution in [2.45, 2.75) is 69.5 Å². The minimum Gasteiger partial charge on any atom is -0.309 e. The zero-order valence-corrected chi connectivity index (χ0v) is 22.0. The first-order valence-electron chi connectivity index (χ1n) is 14.0. The van der Waals surface area contributed by atoms with Crippen molar-refractivity contribution in [3.05, 3.63) is 53.3 Å². The van der Waals surface area contributed by atoms with E-state index >= 15 is 4.39 Å². The monoisotopic (exact) mass is 514 g/mol. The molecule has 0 unspecified atom stereocenters. The molecule has 38 heavy (non-hydrogen) atoms. The Hall–Kier alpha value is -3.08. The highest BCUT2D eigenvalue weighted by atomic mass is 19.1. The zero-order valence-electron chi connectivity index (χ0n) is 22.0. The van der Waals surface area contributed by atoms with Gasteiger partial charge in [-0.1, -0.05) is 24.3 Å². The molecule has 3 heterocycles. The molecular formula is C31H35FN4O2. The largest absolute Gasteiger partial charge is 0.309 e. The van der Waals surface area contributed by atoms with E-state index in [1.54, 1.807) is 6.07 Å². The lowest BCUT2D eigenvalue weighted by molar-refractivity contribution is -0.122. The Morgan fingerprint density at radius 1 is 1.13 bits per heavy atom. The van der Waals surface area contributed by atoms with Gasteiger partial charge in [0.2, 0.25) is 5.91 Å². The lowest BCUT2D eigenvalue weighted by Gasteiger charge is -2.35. The lowest BCUT2D eigenvalue weighted by atomic mass is 9.88. The SMILES string of the molecule is CN1CCC(N2C(=O)Cc3ccc(-c4ccc(C[C@@H](C#N)CC(=O)[C@H]5N[C@@H]6CC[C@H]5C6)c(F)c4)cc32)CC1. The molecule has 2 aromatic carbocycles. The molecule has 1 aliphatic carbocycles. The molecule has 1 N–H and O–H groups in total. The summed E-state index contributed by atoms with van der Waals surface area (Å²) < 4.78 is 15.3. The number of piperidine rings is 2. The van der Waals surface area contributed by atoms with E-state index in [2.05, 4.69) is 23.3 Å². The number of hydrogen-bond donors (Lipinski definition) is 1. The van der Waals surface area contributed by atoms with Crippen LogP contribution in [-0.2, 0) is 22.4 Å². The molecule has 2 bridgehead atoms. The molecule has 0 spiro atoms. The van der Waals surface area contributed by atoms with E-state index in [1.165, 1.54) is 6.07 Å². The van der Waals surface area contributed by atoms with Crippen LogP contribution in [0.5, 0.6) is 0 Å². The number of Topliss-reactive ketones (excluding diaryl/α,β-unsaturated/α-hetero) is 1. The fourth-order valence-electron chi connectivity index (χ4n) is 7.06. The van der Waals surface area contributed by atoms with Crippen LogP contribution in [-0.4, -0.2) is 54.9 Å². The molecule has 3 aliphatic heterocycles. The summed E-state index contributed by atoms with van der Waals surface area (Å²) in [4.78, 5) is 30.0. The van der Waals surface area contributed by atoms with E-state index in [0.717, 1.165) is 67.6 Å². The number of nitriles is 1. The Morgan fingerprint density at radius 2 is 1.89 bits per heavy atom. The molecule has 7 heteroatoms. The number of hydrogen-bond acceptors (Lipinski definition) is 5. The predicted molar refractivity (Wildman–Crippen MR) is 144 cm³/mol. The van der Waals surface area contributed by atoms with Crippen molar-refractivity contribution < 1.29 is 14.0 Å². The number of nitrogens with one attached hydrogen (secondary N) is 1. The van der Waals surface area contributed by atoms with Crippen LogP contribution in [0.3, 0.4) is 0 Å². The maximum absolute atomic E-state index is 15.3. The molecule has 6 rings (SSSR count). The number of likely N-dealkylation sites (tertiary alicyclic amines) is 1. The third-order valence-electron chi connectivity index (χ3n) is 9.20. The van der Waals surface area contributed by atoms with Crippen LogP contribution in [0.2, 0.25) is 0 Å². The number of amides is 1. The van der Waals surface area contributed by atoms with Gasteiger partial charge in [0, 0.05) is 24.2 Å². The lowest BCUT2D eigenvalue weighted by Crippen LogP contribution is -2.45. The molecule has 1 amide bonds. The summed E-state index contributed by atoms with van der Waals surface area (Å²) in [6.07, 6.45) is 5.96. The second-order valence-corrected chi connectivity index (χ2v) is 11.7. The molecule has 4 atom stereocenters. The average Bonchev–Trinajstić information content (AvgIpc) is 3.63. The summed E-state index contributed by atoms with van der Waals surface area (Å²) in [5.74, 6) is -0.288. The van der Waals surface area contributed by atoms with Gasteiger partial charge in [-0.2, -0.15) is 5.26 Å². The molecule has 3 fully saturated rings. The van der Waals surface area contributed by atoms with Gasteiger partial charge in [0.05, 0.1) is 24.4 Å². The van der Waals surface area contributed by atoms with Crippen molar-refractivity contribution in [1.29, 1.82) is 5.26 Å². The van der Waals surface area contributed by atoms with Gasteiger partial charge in [-0.15, -0.1) is 0 Å². The molecule has 2 aromatic rings. The van der Waals surface area contributed by atoms with E-state index < -0.39 is 5.92 Å². The van der Waals surface area contributed by atoms with Gasteiger partial charge in [-0.05, 0) is 99.0 Å². The quantitative estimate of drug-likeness (QED) is 0.598. The van der Waals surface area contributed by atoms with Gasteiger partial charge in [-0.25, -0.2) is 4.39 Å². The Bertz CT molecular complexity index is 1300. The van der Waals surface area contributed by atoms with Crippen LogP contribution in [0.1, 0.15) is 49.7 Å². The van der Waals surface area contributed by atoms with Crippen LogP contribution in [0, 0.1) is 29.0 Å². The molecule has 4 aliphatic rings. The number of rotatable bonds is 7. The minimum atomic E-state index is -0.544. The van der Waals surface area contributed by atoms with Gasteiger partial charge in [-0.3, -0.25) is 9.59 Å². The third kappa shape index (κ3) is 4.76. The second kappa shape index (κ2) is 10.2. The van der Waals surface area contributed by atoms with Crippen molar-refractivity contribution in [3.8, 4) is 17.2 Å². The van der Waals surface area contributed by atoms with Crippen molar-refractivity contribution >= 4 is 17.4 Å². The van der Waals surface area contributed by atoms with Crippen LogP contribution < -0.4 is 10.2 Å². The standard InChI is InChI=1S/C31H35FN4O2/c1-35-10-8-26(9-11-35)36-28-16-21(3-5-23(28)17-30(36)38)20-2-4-22(27(32)15-20)12-19(18-33)13-29(37)31-24-6-7-25(14-24)34-31/h2-5,15-16,19,24-26,31,34H,6-14,17H2,1H3/t19-,24+,25-,31+/m1/s1. The van der Waals surface area contributed by atoms with E-state index in [4.69, 9.17) is 0 Å². The van der Waals surface area contributed by atoms with Gasteiger partial charge in [0.15, 0.2) is 5.78 Å². The van der Waals surface area contributed by atoms with E-state index in [-0.39, 0.29) is 42.4 Å². The first-order chi connectivity index (χ1) is 18.4. The number of halogens is 1. The fourth-order valence-corrected chi connectivity index (χ4v) is 7.06. The maximum Gasteiger partial charge on any atom is 0.231 e. The number of carbonyl (C=O) groups is 2. The van der Waals surface area contributed by atoms with Gasteiger partial charge in [0.1, 0.15) is 5.82 Å². The zero-order chi connectivity index (χ0) is 26.4. The first kappa shape index (κ1) is 25.2. The van der Waals surface area contributed by atoms with E-state index in [0.29, 0.717) is 23.9 Å².